The Hall–Kier alpha value is -2.17. The van der Waals surface area contributed by atoms with Crippen molar-refractivity contribution in [1.29, 1.82) is 0 Å². The molecule has 0 aliphatic carbocycles. The number of ether oxygens (including phenoxy) is 2. The lowest BCUT2D eigenvalue weighted by Gasteiger charge is -2.25. The molecule has 1 aliphatic rings. The summed E-state index contributed by atoms with van der Waals surface area (Å²) >= 11 is 0. The molecule has 5 heteroatoms. The SMILES string of the molecule is COc1ccc(CC2NCCc3c2[nH]c2cc(C)cc(C)c32)cc1OC.Cl. The molecule has 2 heterocycles. The molecule has 1 unspecified atom stereocenters. The van der Waals surface area contributed by atoms with Gasteiger partial charge in [0.25, 0.3) is 0 Å². The van der Waals surface area contributed by atoms with Crippen LogP contribution in [0.2, 0.25) is 0 Å². The number of aromatic nitrogens is 1. The molecule has 2 N–H and O–H groups in total. The van der Waals surface area contributed by atoms with Crippen LogP contribution < -0.4 is 14.8 Å². The molecule has 0 saturated heterocycles. The maximum absolute atomic E-state index is 5.46. The highest BCUT2D eigenvalue weighted by Gasteiger charge is 2.25. The van der Waals surface area contributed by atoms with E-state index >= 15 is 0 Å². The van der Waals surface area contributed by atoms with Crippen molar-refractivity contribution in [2.24, 2.45) is 0 Å². The zero-order valence-electron chi connectivity index (χ0n) is 16.3. The molecule has 1 aromatic heterocycles. The Morgan fingerprint density at radius 2 is 1.81 bits per heavy atom. The van der Waals surface area contributed by atoms with Crippen LogP contribution in [-0.4, -0.2) is 25.7 Å². The lowest BCUT2D eigenvalue weighted by atomic mass is 9.93. The number of halogens is 1. The molecule has 0 saturated carbocycles. The Bertz CT molecular complexity index is 965. The van der Waals surface area contributed by atoms with E-state index in [1.165, 1.54) is 38.9 Å². The number of aryl methyl sites for hydroxylation is 2. The highest BCUT2D eigenvalue weighted by atomic mass is 35.5. The minimum atomic E-state index is 0. The number of nitrogens with one attached hydrogen (secondary N) is 2. The van der Waals surface area contributed by atoms with Gasteiger partial charge in [0.1, 0.15) is 0 Å². The molecule has 1 aliphatic heterocycles. The van der Waals surface area contributed by atoms with Crippen molar-refractivity contribution in [2.75, 3.05) is 20.8 Å². The molecule has 3 aromatic rings. The predicted octanol–water partition coefficient (Wildman–Crippen LogP) is 4.65. The molecule has 4 rings (SSSR count). The van der Waals surface area contributed by atoms with E-state index in [0.29, 0.717) is 0 Å². The van der Waals surface area contributed by atoms with Crippen LogP contribution in [0.5, 0.6) is 11.5 Å². The molecule has 0 radical (unpaired) electrons. The Balaban J connectivity index is 0.00000210. The number of benzene rings is 2. The molecule has 4 nitrogen and oxygen atoms in total. The second-order valence-electron chi connectivity index (χ2n) is 7.17. The van der Waals surface area contributed by atoms with Crippen LogP contribution in [0.1, 0.15) is 34.0 Å². The van der Waals surface area contributed by atoms with Crippen molar-refractivity contribution in [1.82, 2.24) is 10.3 Å². The van der Waals surface area contributed by atoms with E-state index in [2.05, 4.69) is 48.4 Å². The highest BCUT2D eigenvalue weighted by molar-refractivity contribution is 5.89. The van der Waals surface area contributed by atoms with E-state index in [0.717, 1.165) is 30.9 Å². The van der Waals surface area contributed by atoms with E-state index in [1.54, 1.807) is 14.2 Å². The lowest BCUT2D eigenvalue weighted by molar-refractivity contribution is 0.354. The maximum atomic E-state index is 5.46. The van der Waals surface area contributed by atoms with Gasteiger partial charge in [-0.1, -0.05) is 12.1 Å². The van der Waals surface area contributed by atoms with E-state index < -0.39 is 0 Å². The van der Waals surface area contributed by atoms with Gasteiger partial charge < -0.3 is 19.8 Å². The molecule has 0 spiro atoms. The second kappa shape index (κ2) is 7.83. The Labute approximate surface area is 166 Å². The number of fused-ring (bicyclic) bond motifs is 3. The summed E-state index contributed by atoms with van der Waals surface area (Å²) in [4.78, 5) is 3.70. The summed E-state index contributed by atoms with van der Waals surface area (Å²) in [6.45, 7) is 5.38. The smallest absolute Gasteiger partial charge is 0.160 e. The highest BCUT2D eigenvalue weighted by Crippen LogP contribution is 2.35. The first kappa shape index (κ1) is 19.6. The van der Waals surface area contributed by atoms with Crippen LogP contribution >= 0.6 is 12.4 Å². The predicted molar refractivity (Wildman–Crippen MR) is 113 cm³/mol. The van der Waals surface area contributed by atoms with Crippen LogP contribution in [0, 0.1) is 13.8 Å². The van der Waals surface area contributed by atoms with E-state index in [1.807, 2.05) is 6.07 Å². The molecule has 0 fully saturated rings. The molecule has 0 bridgehead atoms. The average Bonchev–Trinajstić information content (AvgIpc) is 3.01. The number of H-pyrrole nitrogens is 1. The molecule has 1 atom stereocenters. The minimum absolute atomic E-state index is 0. The van der Waals surface area contributed by atoms with Crippen LogP contribution in [-0.2, 0) is 12.8 Å². The van der Waals surface area contributed by atoms with Crippen LogP contribution in [0.15, 0.2) is 30.3 Å². The first-order chi connectivity index (χ1) is 12.6. The standard InChI is InChI=1S/C22H26N2O2.ClH/c1-13-9-14(2)21-16-7-8-23-18(22(16)24-17(21)10-13)11-15-5-6-19(25-3)20(12-15)26-4;/h5-6,9-10,12,18,23-24H,7-8,11H2,1-4H3;1H. The Kier molecular flexibility index (Phi) is 5.68. The summed E-state index contributed by atoms with van der Waals surface area (Å²) in [5.74, 6) is 1.55. The summed E-state index contributed by atoms with van der Waals surface area (Å²) in [6.07, 6.45) is 1.99. The first-order valence-corrected chi connectivity index (χ1v) is 9.16. The van der Waals surface area contributed by atoms with E-state index in [-0.39, 0.29) is 18.4 Å². The zero-order chi connectivity index (χ0) is 18.3. The van der Waals surface area contributed by atoms with Gasteiger partial charge in [0.2, 0.25) is 0 Å². The van der Waals surface area contributed by atoms with Gasteiger partial charge in [0.05, 0.1) is 20.3 Å². The number of hydrogen-bond acceptors (Lipinski definition) is 3. The number of hydrogen-bond donors (Lipinski definition) is 2. The third kappa shape index (κ3) is 3.52. The van der Waals surface area contributed by atoms with Crippen LogP contribution in [0.3, 0.4) is 0 Å². The van der Waals surface area contributed by atoms with Crippen LogP contribution in [0.25, 0.3) is 10.9 Å². The third-order valence-corrected chi connectivity index (χ3v) is 5.38. The van der Waals surface area contributed by atoms with Crippen molar-refractivity contribution in [2.45, 2.75) is 32.7 Å². The molecule has 2 aromatic carbocycles. The summed E-state index contributed by atoms with van der Waals surface area (Å²) in [5.41, 5.74) is 7.96. The summed E-state index contributed by atoms with van der Waals surface area (Å²) in [7, 11) is 3.35. The molecule has 0 amide bonds. The minimum Gasteiger partial charge on any atom is -0.493 e. The average molecular weight is 387 g/mol. The maximum Gasteiger partial charge on any atom is 0.160 e. The Morgan fingerprint density at radius 1 is 1.04 bits per heavy atom. The fraction of sp³-hybridized carbons (Fsp3) is 0.364. The molecular weight excluding hydrogens is 360 g/mol. The number of rotatable bonds is 4. The van der Waals surface area contributed by atoms with Crippen molar-refractivity contribution < 1.29 is 9.47 Å². The summed E-state index contributed by atoms with van der Waals surface area (Å²) in [6, 6.07) is 11.0. The van der Waals surface area contributed by atoms with Gasteiger partial charge >= 0.3 is 0 Å². The second-order valence-corrected chi connectivity index (χ2v) is 7.17. The van der Waals surface area contributed by atoms with E-state index in [4.69, 9.17) is 9.47 Å². The molecular formula is C22H27ClN2O2. The zero-order valence-corrected chi connectivity index (χ0v) is 17.1. The summed E-state index contributed by atoms with van der Waals surface area (Å²) < 4.78 is 10.8. The van der Waals surface area contributed by atoms with Gasteiger partial charge in [-0.2, -0.15) is 0 Å². The normalized spacial score (nSPS) is 15.9. The van der Waals surface area contributed by atoms with Gasteiger partial charge in [0.15, 0.2) is 11.5 Å². The van der Waals surface area contributed by atoms with Gasteiger partial charge in [-0.15, -0.1) is 12.4 Å². The molecule has 27 heavy (non-hydrogen) atoms. The van der Waals surface area contributed by atoms with Gasteiger partial charge in [-0.3, -0.25) is 0 Å². The Morgan fingerprint density at radius 3 is 2.56 bits per heavy atom. The molecule has 144 valence electrons. The number of aromatic amines is 1. The van der Waals surface area contributed by atoms with Crippen molar-refractivity contribution in [3.63, 3.8) is 0 Å². The van der Waals surface area contributed by atoms with Crippen LogP contribution in [0.4, 0.5) is 0 Å². The summed E-state index contributed by atoms with van der Waals surface area (Å²) in [5, 5.41) is 5.09. The number of methoxy groups -OCH3 is 2. The van der Waals surface area contributed by atoms with Crippen molar-refractivity contribution in [3.8, 4) is 11.5 Å². The quantitative estimate of drug-likeness (QED) is 0.685. The van der Waals surface area contributed by atoms with Crippen molar-refractivity contribution >= 4 is 23.3 Å². The largest absolute Gasteiger partial charge is 0.493 e. The lowest BCUT2D eigenvalue weighted by Crippen LogP contribution is -2.31. The fourth-order valence-electron chi connectivity index (χ4n) is 4.27. The van der Waals surface area contributed by atoms with Gasteiger partial charge in [-0.25, -0.2) is 0 Å². The first-order valence-electron chi connectivity index (χ1n) is 9.16. The fourth-order valence-corrected chi connectivity index (χ4v) is 4.27. The third-order valence-electron chi connectivity index (χ3n) is 5.38. The van der Waals surface area contributed by atoms with Gasteiger partial charge in [-0.05, 0) is 73.7 Å². The van der Waals surface area contributed by atoms with E-state index in [9.17, 15) is 0 Å². The van der Waals surface area contributed by atoms with Crippen molar-refractivity contribution in [3.05, 3.63) is 58.3 Å². The topological polar surface area (TPSA) is 46.3 Å². The van der Waals surface area contributed by atoms with Gasteiger partial charge in [0, 0.05) is 16.6 Å². The monoisotopic (exact) mass is 386 g/mol.